The average molecular weight is 526 g/mol. The molecular formula is C38H31BN2. The Balaban J connectivity index is 1.61. The van der Waals surface area contributed by atoms with E-state index in [9.17, 15) is 0 Å². The predicted octanol–water partition coefficient (Wildman–Crippen LogP) is 9.32. The van der Waals surface area contributed by atoms with Crippen molar-refractivity contribution in [2.75, 3.05) is 9.62 Å². The van der Waals surface area contributed by atoms with Gasteiger partial charge in [0, 0.05) is 11.4 Å². The van der Waals surface area contributed by atoms with Crippen LogP contribution in [0.4, 0.5) is 22.7 Å². The van der Waals surface area contributed by atoms with E-state index < -0.39 is 0 Å². The van der Waals surface area contributed by atoms with Gasteiger partial charge in [-0.25, -0.2) is 0 Å². The fraction of sp³-hybridized carbons (Fsp3) is 0.0526. The van der Waals surface area contributed by atoms with Gasteiger partial charge in [0.25, 0.3) is 0 Å². The van der Waals surface area contributed by atoms with E-state index in [-0.39, 0.29) is 6.98 Å². The Morgan fingerprint density at radius 3 is 1.51 bits per heavy atom. The van der Waals surface area contributed by atoms with Gasteiger partial charge in [0.2, 0.25) is 0 Å². The first-order valence-corrected chi connectivity index (χ1v) is 14.2. The summed E-state index contributed by atoms with van der Waals surface area (Å²) in [5.41, 5.74) is 13.5. The zero-order valence-electron chi connectivity index (χ0n) is 23.4. The van der Waals surface area contributed by atoms with Crippen LogP contribution in [0.2, 0.25) is 0 Å². The zero-order valence-corrected chi connectivity index (χ0v) is 23.4. The van der Waals surface area contributed by atoms with E-state index in [1.807, 2.05) is 0 Å². The van der Waals surface area contributed by atoms with Crippen molar-refractivity contribution in [3.8, 4) is 22.3 Å². The second kappa shape index (κ2) is 10.5. The molecule has 0 radical (unpaired) electrons. The summed E-state index contributed by atoms with van der Waals surface area (Å²) in [7, 11) is 0. The van der Waals surface area contributed by atoms with Crippen molar-refractivity contribution >= 4 is 35.2 Å². The maximum Gasteiger partial charge on any atom is 0.422 e. The molecule has 1 heterocycles. The summed E-state index contributed by atoms with van der Waals surface area (Å²) < 4.78 is 0. The van der Waals surface area contributed by atoms with E-state index in [1.54, 1.807) is 0 Å². The molecule has 2 nitrogen and oxygen atoms in total. The maximum atomic E-state index is 2.57. The topological polar surface area (TPSA) is 6.48 Å². The van der Waals surface area contributed by atoms with E-state index in [0.29, 0.717) is 0 Å². The molecule has 0 saturated heterocycles. The van der Waals surface area contributed by atoms with Crippen LogP contribution in [0.5, 0.6) is 0 Å². The average Bonchev–Trinajstić information content (AvgIpc) is 3.38. The van der Waals surface area contributed by atoms with E-state index in [0.717, 1.165) is 0 Å². The highest BCUT2D eigenvalue weighted by Gasteiger charge is 2.46. The largest absolute Gasteiger partial charge is 0.422 e. The van der Waals surface area contributed by atoms with Crippen LogP contribution < -0.4 is 15.1 Å². The van der Waals surface area contributed by atoms with Crippen LogP contribution in [0.25, 0.3) is 22.3 Å². The van der Waals surface area contributed by atoms with E-state index in [4.69, 9.17) is 0 Å². The van der Waals surface area contributed by atoms with Crippen molar-refractivity contribution in [2.24, 2.45) is 0 Å². The second-order valence-corrected chi connectivity index (χ2v) is 10.7. The lowest BCUT2D eigenvalue weighted by molar-refractivity contribution is 1.32. The first kappa shape index (κ1) is 25.0. The fourth-order valence-corrected chi connectivity index (χ4v) is 6.32. The smallest absolute Gasteiger partial charge is 0.360 e. The van der Waals surface area contributed by atoms with Crippen LogP contribution in [-0.4, -0.2) is 6.98 Å². The first-order valence-electron chi connectivity index (χ1n) is 14.2. The summed E-state index contributed by atoms with van der Waals surface area (Å²) in [4.78, 5) is 5.10. The first-order chi connectivity index (χ1) is 20.2. The molecule has 7 rings (SSSR count). The Hall–Kier alpha value is -5.02. The zero-order chi connectivity index (χ0) is 27.8. The SMILES string of the molecule is Cc1ccccc1N1B(c2c(-c3ccccc3)cccc2-c2ccccc2)N(c2ccccc2)c2cccc(C)c21. The molecule has 0 unspecified atom stereocenters. The molecule has 3 heteroatoms. The van der Waals surface area contributed by atoms with Crippen molar-refractivity contribution in [1.29, 1.82) is 0 Å². The number of fused-ring (bicyclic) bond motifs is 1. The number of anilines is 4. The van der Waals surface area contributed by atoms with Crippen LogP contribution in [0.15, 0.2) is 152 Å². The van der Waals surface area contributed by atoms with Crippen molar-refractivity contribution < 1.29 is 0 Å². The molecule has 6 aromatic rings. The predicted molar refractivity (Wildman–Crippen MR) is 176 cm³/mol. The minimum Gasteiger partial charge on any atom is -0.360 e. The molecule has 6 aromatic carbocycles. The highest BCUT2D eigenvalue weighted by atomic mass is 15.3. The highest BCUT2D eigenvalue weighted by Crippen LogP contribution is 2.49. The Kier molecular flexibility index (Phi) is 6.41. The number of benzene rings is 6. The van der Waals surface area contributed by atoms with Gasteiger partial charge in [-0.05, 0) is 77.0 Å². The number of rotatable bonds is 5. The molecule has 196 valence electrons. The van der Waals surface area contributed by atoms with Crippen molar-refractivity contribution in [3.63, 3.8) is 0 Å². The van der Waals surface area contributed by atoms with Crippen molar-refractivity contribution in [3.05, 3.63) is 163 Å². The molecule has 0 amide bonds. The van der Waals surface area contributed by atoms with Gasteiger partial charge in [0.05, 0.1) is 11.4 Å². The molecule has 0 aromatic heterocycles. The Morgan fingerprint density at radius 1 is 0.415 bits per heavy atom. The molecule has 41 heavy (non-hydrogen) atoms. The van der Waals surface area contributed by atoms with Crippen LogP contribution in [0.3, 0.4) is 0 Å². The van der Waals surface area contributed by atoms with Gasteiger partial charge >= 0.3 is 6.98 Å². The Labute approximate surface area is 243 Å². The lowest BCUT2D eigenvalue weighted by Gasteiger charge is -2.34. The van der Waals surface area contributed by atoms with E-state index >= 15 is 0 Å². The van der Waals surface area contributed by atoms with Gasteiger partial charge in [-0.2, -0.15) is 0 Å². The number of aryl methyl sites for hydroxylation is 2. The number of hydrogen-bond acceptors (Lipinski definition) is 2. The van der Waals surface area contributed by atoms with Gasteiger partial charge in [-0.15, -0.1) is 0 Å². The standard InChI is InChI=1S/C38H31BN2/c1-28-16-12-13-26-35(28)41-38-29(2)17-14-27-36(38)40(32-22-10-5-11-23-32)39(41)37-33(30-18-6-3-7-19-30)24-15-25-34(37)31-20-8-4-9-21-31/h3-27H,1-2H3. The lowest BCUT2D eigenvalue weighted by Crippen LogP contribution is -2.54. The van der Waals surface area contributed by atoms with Crippen molar-refractivity contribution in [1.82, 2.24) is 0 Å². The van der Waals surface area contributed by atoms with Crippen molar-refractivity contribution in [2.45, 2.75) is 13.8 Å². The third-order valence-electron chi connectivity index (χ3n) is 8.15. The third kappa shape index (κ3) is 4.31. The van der Waals surface area contributed by atoms with Gasteiger partial charge in [0.15, 0.2) is 0 Å². The molecule has 0 N–H and O–H groups in total. The van der Waals surface area contributed by atoms with Crippen LogP contribution in [0, 0.1) is 13.8 Å². The molecule has 0 saturated carbocycles. The molecule has 0 spiro atoms. The van der Waals surface area contributed by atoms with Gasteiger partial charge in [-0.3, -0.25) is 0 Å². The quantitative estimate of drug-likeness (QED) is 0.207. The van der Waals surface area contributed by atoms with Gasteiger partial charge in [-0.1, -0.05) is 127 Å². The second-order valence-electron chi connectivity index (χ2n) is 10.7. The van der Waals surface area contributed by atoms with Crippen LogP contribution in [0.1, 0.15) is 11.1 Å². The monoisotopic (exact) mass is 526 g/mol. The summed E-state index contributed by atoms with van der Waals surface area (Å²) in [6.07, 6.45) is 0. The third-order valence-corrected chi connectivity index (χ3v) is 8.15. The molecule has 0 atom stereocenters. The molecule has 0 aliphatic carbocycles. The van der Waals surface area contributed by atoms with Gasteiger partial charge in [0.1, 0.15) is 0 Å². The summed E-state index contributed by atoms with van der Waals surface area (Å²) in [5.74, 6) is 0. The maximum absolute atomic E-state index is 2.57. The highest BCUT2D eigenvalue weighted by molar-refractivity contribution is 6.86. The van der Waals surface area contributed by atoms with E-state index in [2.05, 4.69) is 175 Å². The lowest BCUT2D eigenvalue weighted by atomic mass is 9.59. The van der Waals surface area contributed by atoms with E-state index in [1.165, 1.54) is 61.6 Å². The number of hydrogen-bond donors (Lipinski definition) is 0. The molecule has 1 aliphatic heterocycles. The molecular weight excluding hydrogens is 495 g/mol. The van der Waals surface area contributed by atoms with Crippen LogP contribution in [-0.2, 0) is 0 Å². The minimum atomic E-state index is -0.124. The summed E-state index contributed by atoms with van der Waals surface area (Å²) in [5, 5.41) is 0. The van der Waals surface area contributed by atoms with Gasteiger partial charge < -0.3 is 9.62 Å². The Morgan fingerprint density at radius 2 is 0.902 bits per heavy atom. The number of nitrogens with zero attached hydrogens (tertiary/aromatic N) is 2. The Bertz CT molecular complexity index is 1760. The summed E-state index contributed by atoms with van der Waals surface area (Å²) >= 11 is 0. The van der Waals surface area contributed by atoms with Crippen LogP contribution >= 0.6 is 0 Å². The summed E-state index contributed by atoms with van der Waals surface area (Å²) in [6.45, 7) is 4.33. The summed E-state index contributed by atoms with van der Waals surface area (Å²) in [6, 6.07) is 54.7. The molecule has 0 fully saturated rings. The molecule has 1 aliphatic rings. The fourth-order valence-electron chi connectivity index (χ4n) is 6.32. The minimum absolute atomic E-state index is 0.124. The molecule has 0 bridgehead atoms. The normalized spacial score (nSPS) is 12.5. The number of para-hydroxylation sites is 3.